The third-order valence-electron chi connectivity index (χ3n) is 4.12. The van der Waals surface area contributed by atoms with E-state index in [-0.39, 0.29) is 23.3 Å². The van der Waals surface area contributed by atoms with E-state index in [1.165, 1.54) is 10.7 Å². The minimum Gasteiger partial charge on any atom is -0.481 e. The molecule has 130 valence electrons. The van der Waals surface area contributed by atoms with Gasteiger partial charge in [-0.05, 0) is 18.6 Å². The van der Waals surface area contributed by atoms with Crippen LogP contribution in [0.15, 0.2) is 35.3 Å². The predicted molar refractivity (Wildman–Crippen MR) is 91.7 cm³/mol. The molecule has 0 radical (unpaired) electrons. The number of para-hydroxylation sites is 1. The molecule has 2 heterocycles. The van der Waals surface area contributed by atoms with Crippen molar-refractivity contribution < 1.29 is 14.7 Å². The van der Waals surface area contributed by atoms with Crippen LogP contribution in [0.3, 0.4) is 0 Å². The smallest absolute Gasteiger partial charge is 0.308 e. The molecule has 1 atom stereocenters. The van der Waals surface area contributed by atoms with Crippen LogP contribution in [0.2, 0.25) is 0 Å². The summed E-state index contributed by atoms with van der Waals surface area (Å²) in [5.74, 6) is -2.06. The van der Waals surface area contributed by atoms with E-state index in [0.717, 1.165) is 0 Å². The molecule has 0 aliphatic heterocycles. The van der Waals surface area contributed by atoms with E-state index < -0.39 is 17.8 Å². The molecule has 0 spiro atoms. The number of aliphatic carboxylic acids is 1. The van der Waals surface area contributed by atoms with Crippen LogP contribution >= 0.6 is 0 Å². The Morgan fingerprint density at radius 3 is 2.84 bits per heavy atom. The number of carboxylic acid groups (broad SMARTS) is 1. The van der Waals surface area contributed by atoms with Gasteiger partial charge in [0, 0.05) is 6.54 Å². The van der Waals surface area contributed by atoms with Crippen molar-refractivity contribution in [2.75, 3.05) is 6.54 Å². The molecule has 3 aromatic rings. The van der Waals surface area contributed by atoms with Gasteiger partial charge in [-0.25, -0.2) is 4.52 Å². The van der Waals surface area contributed by atoms with Gasteiger partial charge in [-0.1, -0.05) is 25.5 Å². The number of rotatable bonds is 6. The summed E-state index contributed by atoms with van der Waals surface area (Å²) in [5.41, 5.74) is 0.758. The number of hydrogen-bond donors (Lipinski definition) is 3. The van der Waals surface area contributed by atoms with Gasteiger partial charge >= 0.3 is 5.97 Å². The standard InChI is InChI=1S/C17H18N4O4/c1-2-5-10(17(24)25)8-18-15(22)12-9-19-21-13-7-4-3-6-11(13)16(23)20-14(12)21/h3-4,6-7,9-10H,2,5,8H2,1H3,(H,18,22)(H,20,23)(H,24,25). The number of carbonyl (C=O) groups excluding carboxylic acids is 1. The summed E-state index contributed by atoms with van der Waals surface area (Å²) < 4.78 is 1.49. The Labute approximate surface area is 142 Å². The van der Waals surface area contributed by atoms with Crippen LogP contribution in [0.5, 0.6) is 0 Å². The highest BCUT2D eigenvalue weighted by Crippen LogP contribution is 2.14. The largest absolute Gasteiger partial charge is 0.481 e. The lowest BCUT2D eigenvalue weighted by Crippen LogP contribution is -2.33. The molecule has 0 fully saturated rings. The first-order valence-electron chi connectivity index (χ1n) is 8.02. The molecule has 3 rings (SSSR count). The maximum atomic E-state index is 12.4. The zero-order chi connectivity index (χ0) is 18.0. The van der Waals surface area contributed by atoms with Gasteiger partial charge in [0.15, 0.2) is 0 Å². The van der Waals surface area contributed by atoms with E-state index >= 15 is 0 Å². The third kappa shape index (κ3) is 3.10. The van der Waals surface area contributed by atoms with Crippen LogP contribution in [0.4, 0.5) is 0 Å². The molecular formula is C17H18N4O4. The molecule has 0 bridgehead atoms. The fourth-order valence-electron chi connectivity index (χ4n) is 2.82. The number of carboxylic acids is 1. The summed E-state index contributed by atoms with van der Waals surface area (Å²) in [6, 6.07) is 6.95. The Hall–Kier alpha value is -3.16. The minimum atomic E-state index is -0.943. The van der Waals surface area contributed by atoms with Gasteiger partial charge in [-0.2, -0.15) is 5.10 Å². The maximum Gasteiger partial charge on any atom is 0.308 e. The van der Waals surface area contributed by atoms with Crippen molar-refractivity contribution in [3.63, 3.8) is 0 Å². The third-order valence-corrected chi connectivity index (χ3v) is 4.12. The van der Waals surface area contributed by atoms with Crippen LogP contribution in [-0.4, -0.2) is 38.1 Å². The Morgan fingerprint density at radius 2 is 2.12 bits per heavy atom. The highest BCUT2D eigenvalue weighted by molar-refractivity contribution is 6.00. The fourth-order valence-corrected chi connectivity index (χ4v) is 2.82. The Kier molecular flexibility index (Phi) is 4.51. The SMILES string of the molecule is CCCC(CNC(=O)c1cnn2c1[nH]c(=O)c1ccccc12)C(=O)O. The number of aromatic nitrogens is 3. The first-order valence-corrected chi connectivity index (χ1v) is 8.02. The van der Waals surface area contributed by atoms with E-state index in [4.69, 9.17) is 5.11 Å². The van der Waals surface area contributed by atoms with E-state index in [1.807, 2.05) is 6.92 Å². The zero-order valence-corrected chi connectivity index (χ0v) is 13.7. The Bertz CT molecular complexity index is 1000. The molecule has 0 saturated carbocycles. The molecule has 0 aliphatic carbocycles. The van der Waals surface area contributed by atoms with Crippen molar-refractivity contribution in [3.05, 3.63) is 46.4 Å². The second-order valence-electron chi connectivity index (χ2n) is 5.82. The van der Waals surface area contributed by atoms with Gasteiger partial charge in [0.1, 0.15) is 11.2 Å². The summed E-state index contributed by atoms with van der Waals surface area (Å²) in [5, 5.41) is 16.4. The molecule has 3 N–H and O–H groups in total. The van der Waals surface area contributed by atoms with Crippen molar-refractivity contribution in [3.8, 4) is 0 Å². The van der Waals surface area contributed by atoms with Crippen molar-refractivity contribution >= 4 is 28.4 Å². The summed E-state index contributed by atoms with van der Waals surface area (Å²) in [6.07, 6.45) is 2.55. The molecule has 8 heteroatoms. The number of fused-ring (bicyclic) bond motifs is 3. The van der Waals surface area contributed by atoms with E-state index in [9.17, 15) is 14.4 Å². The van der Waals surface area contributed by atoms with Crippen molar-refractivity contribution in [2.24, 2.45) is 5.92 Å². The first kappa shape index (κ1) is 16.7. The van der Waals surface area contributed by atoms with Crippen molar-refractivity contribution in [1.29, 1.82) is 0 Å². The minimum absolute atomic E-state index is 0.0250. The number of H-pyrrole nitrogens is 1. The quantitative estimate of drug-likeness (QED) is 0.626. The average molecular weight is 342 g/mol. The number of benzene rings is 1. The Morgan fingerprint density at radius 1 is 1.36 bits per heavy atom. The summed E-state index contributed by atoms with van der Waals surface area (Å²) in [6.45, 7) is 1.91. The van der Waals surface area contributed by atoms with Gasteiger partial charge in [0.2, 0.25) is 0 Å². The lowest BCUT2D eigenvalue weighted by molar-refractivity contribution is -0.141. The van der Waals surface area contributed by atoms with E-state index in [1.54, 1.807) is 24.3 Å². The first-order chi connectivity index (χ1) is 12.0. The van der Waals surface area contributed by atoms with Crippen LogP contribution in [-0.2, 0) is 4.79 Å². The lowest BCUT2D eigenvalue weighted by Gasteiger charge is -2.11. The van der Waals surface area contributed by atoms with Crippen molar-refractivity contribution in [1.82, 2.24) is 19.9 Å². The molecule has 0 aliphatic rings. The molecule has 0 saturated heterocycles. The number of carbonyl (C=O) groups is 2. The molecule has 1 unspecified atom stereocenters. The summed E-state index contributed by atoms with van der Waals surface area (Å²) in [4.78, 5) is 38.5. The summed E-state index contributed by atoms with van der Waals surface area (Å²) in [7, 11) is 0. The van der Waals surface area contributed by atoms with Crippen molar-refractivity contribution in [2.45, 2.75) is 19.8 Å². The molecule has 8 nitrogen and oxygen atoms in total. The van der Waals surface area contributed by atoms with Crippen LogP contribution < -0.4 is 10.9 Å². The Balaban J connectivity index is 1.92. The molecule has 25 heavy (non-hydrogen) atoms. The topological polar surface area (TPSA) is 117 Å². The maximum absolute atomic E-state index is 12.4. The number of aromatic amines is 1. The van der Waals surface area contributed by atoms with E-state index in [0.29, 0.717) is 23.7 Å². The highest BCUT2D eigenvalue weighted by atomic mass is 16.4. The number of nitrogens with zero attached hydrogens (tertiary/aromatic N) is 2. The normalized spacial score (nSPS) is 12.4. The predicted octanol–water partition coefficient (Wildman–Crippen LogP) is 1.41. The van der Waals surface area contributed by atoms with Crippen LogP contribution in [0.25, 0.3) is 16.6 Å². The lowest BCUT2D eigenvalue weighted by atomic mass is 10.0. The molecule has 1 aromatic carbocycles. The van der Waals surface area contributed by atoms with Crippen LogP contribution in [0, 0.1) is 5.92 Å². The zero-order valence-electron chi connectivity index (χ0n) is 13.7. The van der Waals surface area contributed by atoms with Gasteiger partial charge in [-0.3, -0.25) is 14.4 Å². The second kappa shape index (κ2) is 6.76. The van der Waals surface area contributed by atoms with Gasteiger partial charge in [-0.15, -0.1) is 0 Å². The molecular weight excluding hydrogens is 324 g/mol. The highest BCUT2D eigenvalue weighted by Gasteiger charge is 2.20. The number of amides is 1. The average Bonchev–Trinajstić information content (AvgIpc) is 3.02. The van der Waals surface area contributed by atoms with Crippen LogP contribution in [0.1, 0.15) is 30.1 Å². The monoisotopic (exact) mass is 342 g/mol. The number of hydrogen-bond acceptors (Lipinski definition) is 4. The van der Waals surface area contributed by atoms with E-state index in [2.05, 4.69) is 15.4 Å². The van der Waals surface area contributed by atoms with Gasteiger partial charge in [0.25, 0.3) is 11.5 Å². The molecule has 1 amide bonds. The number of nitrogens with one attached hydrogen (secondary N) is 2. The fraction of sp³-hybridized carbons (Fsp3) is 0.294. The van der Waals surface area contributed by atoms with Gasteiger partial charge in [0.05, 0.1) is 23.0 Å². The van der Waals surface area contributed by atoms with Gasteiger partial charge < -0.3 is 15.4 Å². The molecule has 2 aromatic heterocycles. The summed E-state index contributed by atoms with van der Waals surface area (Å²) >= 11 is 0. The second-order valence-corrected chi connectivity index (χ2v) is 5.82.